The van der Waals surface area contributed by atoms with Crippen LogP contribution in [0.15, 0.2) is 0 Å². The lowest BCUT2D eigenvalue weighted by Gasteiger charge is -2.21. The minimum Gasteiger partial charge on any atom is -0.234 e. The fraction of sp³-hybridized carbons (Fsp3) is 1.00. The van der Waals surface area contributed by atoms with Gasteiger partial charge in [0.2, 0.25) is 0 Å². The molecule has 0 aromatic heterocycles. The average molecular weight is 145 g/mol. The van der Waals surface area contributed by atoms with Crippen molar-refractivity contribution in [2.24, 2.45) is 0 Å². The molecule has 0 atom stereocenters. The molecule has 0 unspecified atom stereocenters. The van der Waals surface area contributed by atoms with E-state index in [0.717, 1.165) is 25.9 Å². The molecule has 0 aromatic carbocycles. The summed E-state index contributed by atoms with van der Waals surface area (Å²) >= 11 is 0. The largest absolute Gasteiger partial charge is 0.234 e. The molecule has 1 aliphatic heterocycles. The van der Waals surface area contributed by atoms with Crippen LogP contribution in [-0.4, -0.2) is 23.1 Å². The first-order chi connectivity index (χ1) is 4.79. The summed E-state index contributed by atoms with van der Waals surface area (Å²) < 4.78 is 0. The Balaban J connectivity index is 2.19. The predicted octanol–water partition coefficient (Wildman–Crippen LogP) is 0.169. The molecule has 1 N–H and O–H groups in total. The summed E-state index contributed by atoms with van der Waals surface area (Å²) in [7, 11) is 0. The summed E-state index contributed by atoms with van der Waals surface area (Å²) in [6, 6.07) is 0. The summed E-state index contributed by atoms with van der Waals surface area (Å²) in [6.45, 7) is 1.59. The van der Waals surface area contributed by atoms with Gasteiger partial charge in [0.05, 0.1) is 0 Å². The van der Waals surface area contributed by atoms with Crippen LogP contribution in [0.1, 0.15) is 19.3 Å². The van der Waals surface area contributed by atoms with E-state index in [1.54, 1.807) is 5.01 Å². The van der Waals surface area contributed by atoms with Gasteiger partial charge in [-0.15, -0.1) is 0 Å². The lowest BCUT2D eigenvalue weighted by molar-refractivity contribution is -0.579. The Bertz CT molecular complexity index is 122. The second-order valence-electron chi connectivity index (χ2n) is 2.40. The van der Waals surface area contributed by atoms with E-state index in [0.29, 0.717) is 0 Å². The molecule has 0 amide bonds. The third kappa shape index (κ3) is 2.18. The van der Waals surface area contributed by atoms with E-state index in [-0.39, 0.29) is 0 Å². The maximum atomic E-state index is 9.92. The number of nitro groups is 1. The van der Waals surface area contributed by atoms with Crippen LogP contribution in [0.5, 0.6) is 0 Å². The summed E-state index contributed by atoms with van der Waals surface area (Å²) in [5.41, 5.74) is 2.14. The molecule has 0 saturated carbocycles. The van der Waals surface area contributed by atoms with Crippen LogP contribution in [0.4, 0.5) is 0 Å². The van der Waals surface area contributed by atoms with Crippen LogP contribution in [0.25, 0.3) is 0 Å². The van der Waals surface area contributed by atoms with Crippen molar-refractivity contribution in [1.82, 2.24) is 10.5 Å². The number of rotatable bonds is 2. The number of nitrogens with zero attached hydrogens (tertiary/aromatic N) is 2. The van der Waals surface area contributed by atoms with Crippen LogP contribution in [0.3, 0.4) is 0 Å². The summed E-state index contributed by atoms with van der Waals surface area (Å²) in [5.74, 6) is 0. The van der Waals surface area contributed by atoms with Crippen molar-refractivity contribution in [2.45, 2.75) is 19.3 Å². The summed E-state index contributed by atoms with van der Waals surface area (Å²) in [5, 5.41) is 11.1. The second-order valence-corrected chi connectivity index (χ2v) is 2.40. The van der Waals surface area contributed by atoms with Crippen molar-refractivity contribution < 1.29 is 5.03 Å². The SMILES string of the molecule is O=[N+]([O-])NN1CCCCC1. The van der Waals surface area contributed by atoms with E-state index in [9.17, 15) is 10.1 Å². The van der Waals surface area contributed by atoms with Gasteiger partial charge in [-0.3, -0.25) is 0 Å². The topological polar surface area (TPSA) is 58.4 Å². The highest BCUT2D eigenvalue weighted by Crippen LogP contribution is 2.05. The predicted molar refractivity (Wildman–Crippen MR) is 35.6 cm³/mol. The van der Waals surface area contributed by atoms with Crippen molar-refractivity contribution in [1.29, 1.82) is 0 Å². The van der Waals surface area contributed by atoms with Crippen molar-refractivity contribution in [2.75, 3.05) is 13.1 Å². The first kappa shape index (κ1) is 7.27. The number of hydrazine groups is 2. The fourth-order valence-corrected chi connectivity index (χ4v) is 1.11. The van der Waals surface area contributed by atoms with E-state index >= 15 is 0 Å². The van der Waals surface area contributed by atoms with Gasteiger partial charge in [-0.2, -0.15) is 5.01 Å². The molecule has 5 heteroatoms. The molecule has 0 spiro atoms. The standard InChI is InChI=1S/C5H11N3O2/c9-8(10)6-7-4-2-1-3-5-7/h6H,1-5H2. The van der Waals surface area contributed by atoms with Crippen LogP contribution in [-0.2, 0) is 0 Å². The van der Waals surface area contributed by atoms with Crippen LogP contribution >= 0.6 is 0 Å². The molecule has 1 rings (SSSR count). The van der Waals surface area contributed by atoms with Gasteiger partial charge in [0, 0.05) is 13.1 Å². The van der Waals surface area contributed by atoms with Gasteiger partial charge in [0.15, 0.2) is 5.03 Å². The molecular formula is C5H11N3O2. The molecular weight excluding hydrogens is 134 g/mol. The third-order valence-electron chi connectivity index (χ3n) is 1.58. The molecule has 0 aliphatic carbocycles. The Kier molecular flexibility index (Phi) is 2.44. The monoisotopic (exact) mass is 145 g/mol. The molecule has 1 saturated heterocycles. The molecule has 1 aliphatic rings. The maximum Gasteiger partial charge on any atom is 0.173 e. The van der Waals surface area contributed by atoms with Gasteiger partial charge in [-0.1, -0.05) is 12.0 Å². The van der Waals surface area contributed by atoms with Gasteiger partial charge in [-0.05, 0) is 12.8 Å². The molecule has 5 nitrogen and oxygen atoms in total. The van der Waals surface area contributed by atoms with E-state index in [1.807, 2.05) is 0 Å². The second kappa shape index (κ2) is 3.36. The Morgan fingerprint density at radius 1 is 1.30 bits per heavy atom. The van der Waals surface area contributed by atoms with Gasteiger partial charge >= 0.3 is 0 Å². The summed E-state index contributed by atoms with van der Waals surface area (Å²) in [4.78, 5) is 9.92. The highest BCUT2D eigenvalue weighted by molar-refractivity contribution is 4.57. The van der Waals surface area contributed by atoms with Gasteiger partial charge < -0.3 is 0 Å². The molecule has 0 aromatic rings. The van der Waals surface area contributed by atoms with Crippen LogP contribution in [0.2, 0.25) is 0 Å². The fourth-order valence-electron chi connectivity index (χ4n) is 1.11. The maximum absolute atomic E-state index is 9.92. The number of nitrogens with one attached hydrogen (secondary N) is 1. The molecule has 1 heterocycles. The first-order valence-electron chi connectivity index (χ1n) is 3.44. The summed E-state index contributed by atoms with van der Waals surface area (Å²) in [6.07, 6.45) is 3.30. The van der Waals surface area contributed by atoms with Crippen LogP contribution < -0.4 is 5.53 Å². The quantitative estimate of drug-likeness (QED) is 0.444. The highest BCUT2D eigenvalue weighted by atomic mass is 16.7. The van der Waals surface area contributed by atoms with Crippen molar-refractivity contribution in [3.05, 3.63) is 10.1 Å². The lowest BCUT2D eigenvalue weighted by atomic mass is 10.2. The van der Waals surface area contributed by atoms with Crippen molar-refractivity contribution >= 4 is 0 Å². The Labute approximate surface area is 59.1 Å². The Morgan fingerprint density at radius 2 is 1.90 bits per heavy atom. The minimum absolute atomic E-state index is 0.509. The molecule has 1 fully saturated rings. The van der Waals surface area contributed by atoms with E-state index < -0.39 is 5.03 Å². The van der Waals surface area contributed by atoms with E-state index in [4.69, 9.17) is 0 Å². The van der Waals surface area contributed by atoms with Gasteiger partial charge in [0.1, 0.15) is 0 Å². The third-order valence-corrected chi connectivity index (χ3v) is 1.58. The molecule has 0 radical (unpaired) electrons. The Morgan fingerprint density at radius 3 is 2.40 bits per heavy atom. The minimum atomic E-state index is -0.509. The smallest absolute Gasteiger partial charge is 0.173 e. The zero-order chi connectivity index (χ0) is 7.40. The average Bonchev–Trinajstić information content (AvgIpc) is 1.88. The number of hydrogen-bond donors (Lipinski definition) is 1. The highest BCUT2D eigenvalue weighted by Gasteiger charge is 2.12. The van der Waals surface area contributed by atoms with Crippen molar-refractivity contribution in [3.63, 3.8) is 0 Å². The van der Waals surface area contributed by atoms with Crippen molar-refractivity contribution in [3.8, 4) is 0 Å². The molecule has 10 heavy (non-hydrogen) atoms. The van der Waals surface area contributed by atoms with Gasteiger partial charge in [-0.25, -0.2) is 10.1 Å². The molecule has 58 valence electrons. The van der Waals surface area contributed by atoms with Gasteiger partial charge in [0.25, 0.3) is 0 Å². The van der Waals surface area contributed by atoms with E-state index in [1.165, 1.54) is 6.42 Å². The molecule has 0 bridgehead atoms. The normalized spacial score (nSPS) is 20.4. The zero-order valence-electron chi connectivity index (χ0n) is 5.75. The number of hydrogen-bond acceptors (Lipinski definition) is 3. The zero-order valence-corrected chi connectivity index (χ0v) is 5.75. The van der Waals surface area contributed by atoms with Crippen LogP contribution in [0, 0.1) is 10.1 Å². The van der Waals surface area contributed by atoms with E-state index in [2.05, 4.69) is 5.53 Å². The lowest BCUT2D eigenvalue weighted by Crippen LogP contribution is -2.44. The Hall–Kier alpha value is -0.840. The first-order valence-corrected chi connectivity index (χ1v) is 3.44. The number of piperidine rings is 1.